The molecule has 0 bridgehead atoms. The van der Waals surface area contributed by atoms with Gasteiger partial charge in [0.15, 0.2) is 0 Å². The second-order valence-electron chi connectivity index (χ2n) is 5.58. The van der Waals surface area contributed by atoms with Gasteiger partial charge in [0.25, 0.3) is 0 Å². The Bertz CT molecular complexity index is 400. The van der Waals surface area contributed by atoms with Crippen LogP contribution in [0.2, 0.25) is 5.02 Å². The van der Waals surface area contributed by atoms with Gasteiger partial charge in [0.2, 0.25) is 0 Å². The number of aryl methyl sites for hydroxylation is 2. The fourth-order valence-corrected chi connectivity index (χ4v) is 3.15. The van der Waals surface area contributed by atoms with Crippen molar-refractivity contribution < 1.29 is 0 Å². The summed E-state index contributed by atoms with van der Waals surface area (Å²) in [6.07, 6.45) is 4.12. The number of halogens is 1. The summed E-state index contributed by atoms with van der Waals surface area (Å²) < 4.78 is 2.00. The predicted octanol–water partition coefficient (Wildman–Crippen LogP) is 3.39. The number of rotatable bonds is 5. The van der Waals surface area contributed by atoms with Crippen molar-refractivity contribution in [2.45, 2.75) is 53.1 Å². The van der Waals surface area contributed by atoms with Crippen LogP contribution in [-0.4, -0.2) is 16.3 Å². The zero-order valence-corrected chi connectivity index (χ0v) is 12.4. The number of nitrogens with zero attached hydrogens (tertiary/aromatic N) is 2. The Morgan fingerprint density at radius 3 is 2.83 bits per heavy atom. The molecule has 102 valence electrons. The van der Waals surface area contributed by atoms with Gasteiger partial charge in [-0.05, 0) is 45.1 Å². The predicted molar refractivity (Wildman–Crippen MR) is 75.9 cm³/mol. The highest BCUT2D eigenvalue weighted by molar-refractivity contribution is 6.31. The van der Waals surface area contributed by atoms with Crippen molar-refractivity contribution in [2.24, 2.45) is 11.8 Å². The molecule has 1 aromatic heterocycles. The van der Waals surface area contributed by atoms with Crippen LogP contribution in [0.4, 0.5) is 0 Å². The first-order valence-electron chi connectivity index (χ1n) is 7.04. The lowest BCUT2D eigenvalue weighted by Gasteiger charge is -2.12. The van der Waals surface area contributed by atoms with E-state index in [4.69, 9.17) is 11.6 Å². The second kappa shape index (κ2) is 6.07. The van der Waals surface area contributed by atoms with Crippen molar-refractivity contribution in [3.63, 3.8) is 0 Å². The zero-order valence-electron chi connectivity index (χ0n) is 11.7. The van der Waals surface area contributed by atoms with Crippen LogP contribution in [0.5, 0.6) is 0 Å². The van der Waals surface area contributed by atoms with E-state index in [0.717, 1.165) is 47.9 Å². The highest BCUT2D eigenvalue weighted by Crippen LogP contribution is 2.29. The first kappa shape index (κ1) is 13.9. The van der Waals surface area contributed by atoms with Crippen LogP contribution < -0.4 is 5.32 Å². The summed E-state index contributed by atoms with van der Waals surface area (Å²) in [6.45, 7) is 9.24. The molecule has 2 rings (SSSR count). The van der Waals surface area contributed by atoms with E-state index in [1.165, 1.54) is 19.3 Å². The lowest BCUT2D eigenvalue weighted by Crippen LogP contribution is -2.22. The van der Waals surface area contributed by atoms with Gasteiger partial charge in [-0.1, -0.05) is 24.9 Å². The molecule has 0 amide bonds. The molecule has 0 radical (unpaired) electrons. The van der Waals surface area contributed by atoms with Gasteiger partial charge in [-0.15, -0.1) is 0 Å². The summed E-state index contributed by atoms with van der Waals surface area (Å²) in [7, 11) is 0. The Hall–Kier alpha value is -0.540. The lowest BCUT2D eigenvalue weighted by atomic mass is 10.1. The number of hydrogen-bond acceptors (Lipinski definition) is 2. The summed E-state index contributed by atoms with van der Waals surface area (Å²) in [5.41, 5.74) is 2.06. The molecule has 2 atom stereocenters. The Kier molecular flexibility index (Phi) is 4.68. The minimum Gasteiger partial charge on any atom is -0.311 e. The molecule has 3 nitrogen and oxygen atoms in total. The molecule has 1 aliphatic carbocycles. The minimum atomic E-state index is 0.823. The first-order valence-corrected chi connectivity index (χ1v) is 7.42. The van der Waals surface area contributed by atoms with E-state index in [0.29, 0.717) is 0 Å². The summed E-state index contributed by atoms with van der Waals surface area (Å²) in [4.78, 5) is 0. The quantitative estimate of drug-likeness (QED) is 0.888. The molecule has 1 aromatic rings. The molecule has 0 spiro atoms. The maximum Gasteiger partial charge on any atom is 0.0860 e. The molecule has 18 heavy (non-hydrogen) atoms. The number of nitrogens with one attached hydrogen (secondary N) is 1. The highest BCUT2D eigenvalue weighted by atomic mass is 35.5. The van der Waals surface area contributed by atoms with Crippen molar-refractivity contribution in [1.29, 1.82) is 0 Å². The van der Waals surface area contributed by atoms with Gasteiger partial charge in [0, 0.05) is 13.1 Å². The summed E-state index contributed by atoms with van der Waals surface area (Å²) in [5, 5.41) is 8.81. The number of aromatic nitrogens is 2. The molecule has 0 saturated heterocycles. The van der Waals surface area contributed by atoms with Crippen LogP contribution in [0.1, 0.15) is 44.5 Å². The fraction of sp³-hybridized carbons (Fsp3) is 0.786. The Balaban J connectivity index is 1.86. The third-order valence-corrected chi connectivity index (χ3v) is 4.47. The Morgan fingerprint density at radius 1 is 1.44 bits per heavy atom. The molecule has 1 aliphatic rings. The van der Waals surface area contributed by atoms with Gasteiger partial charge in [0.1, 0.15) is 0 Å². The van der Waals surface area contributed by atoms with Gasteiger partial charge < -0.3 is 5.32 Å². The van der Waals surface area contributed by atoms with E-state index >= 15 is 0 Å². The third kappa shape index (κ3) is 3.07. The van der Waals surface area contributed by atoms with Crippen LogP contribution in [0, 0.1) is 18.8 Å². The monoisotopic (exact) mass is 269 g/mol. The molecule has 1 N–H and O–H groups in total. The van der Waals surface area contributed by atoms with Crippen molar-refractivity contribution in [3.05, 3.63) is 16.4 Å². The largest absolute Gasteiger partial charge is 0.311 e. The highest BCUT2D eigenvalue weighted by Gasteiger charge is 2.21. The molecule has 0 aliphatic heterocycles. The van der Waals surface area contributed by atoms with E-state index < -0.39 is 0 Å². The minimum absolute atomic E-state index is 0.823. The Morgan fingerprint density at radius 2 is 2.22 bits per heavy atom. The SMILES string of the molecule is CCn1nc(C)c(Cl)c1CNCC1CCC(C)C1. The van der Waals surface area contributed by atoms with Gasteiger partial charge >= 0.3 is 0 Å². The standard InChI is InChI=1S/C14H24ClN3/c1-4-18-13(14(15)11(3)17-18)9-16-8-12-6-5-10(2)7-12/h10,12,16H,4-9H2,1-3H3. The van der Waals surface area contributed by atoms with Crippen molar-refractivity contribution >= 4 is 11.6 Å². The molecule has 1 fully saturated rings. The average molecular weight is 270 g/mol. The van der Waals surface area contributed by atoms with Crippen LogP contribution in [-0.2, 0) is 13.1 Å². The van der Waals surface area contributed by atoms with E-state index in [2.05, 4.69) is 24.3 Å². The summed E-state index contributed by atoms with van der Waals surface area (Å²) in [6, 6.07) is 0. The third-order valence-electron chi connectivity index (χ3n) is 3.98. The van der Waals surface area contributed by atoms with E-state index in [1.54, 1.807) is 0 Å². The van der Waals surface area contributed by atoms with E-state index in [9.17, 15) is 0 Å². The van der Waals surface area contributed by atoms with Crippen molar-refractivity contribution in [2.75, 3.05) is 6.54 Å². The van der Waals surface area contributed by atoms with Crippen LogP contribution in [0.15, 0.2) is 0 Å². The fourth-order valence-electron chi connectivity index (χ4n) is 2.94. The molecule has 4 heteroatoms. The van der Waals surface area contributed by atoms with Crippen LogP contribution >= 0.6 is 11.6 Å². The maximum absolute atomic E-state index is 6.29. The van der Waals surface area contributed by atoms with Crippen LogP contribution in [0.3, 0.4) is 0 Å². The van der Waals surface area contributed by atoms with Crippen LogP contribution in [0.25, 0.3) is 0 Å². The van der Waals surface area contributed by atoms with Gasteiger partial charge in [-0.2, -0.15) is 5.10 Å². The second-order valence-corrected chi connectivity index (χ2v) is 5.95. The molecular formula is C14H24ClN3. The molecular weight excluding hydrogens is 246 g/mol. The van der Waals surface area contributed by atoms with E-state index in [-0.39, 0.29) is 0 Å². The van der Waals surface area contributed by atoms with Gasteiger partial charge in [-0.3, -0.25) is 4.68 Å². The zero-order chi connectivity index (χ0) is 13.1. The van der Waals surface area contributed by atoms with Gasteiger partial charge in [-0.25, -0.2) is 0 Å². The molecule has 2 unspecified atom stereocenters. The molecule has 0 aromatic carbocycles. The Labute approximate surface area is 115 Å². The lowest BCUT2D eigenvalue weighted by molar-refractivity contribution is 0.462. The van der Waals surface area contributed by atoms with Crippen molar-refractivity contribution in [1.82, 2.24) is 15.1 Å². The first-order chi connectivity index (χ1) is 8.61. The molecule has 1 saturated carbocycles. The van der Waals surface area contributed by atoms with Crippen molar-refractivity contribution in [3.8, 4) is 0 Å². The smallest absolute Gasteiger partial charge is 0.0860 e. The maximum atomic E-state index is 6.29. The topological polar surface area (TPSA) is 29.9 Å². The normalized spacial score (nSPS) is 23.8. The molecule has 1 heterocycles. The summed E-state index contributed by atoms with van der Waals surface area (Å²) in [5.74, 6) is 1.75. The summed E-state index contributed by atoms with van der Waals surface area (Å²) >= 11 is 6.29. The van der Waals surface area contributed by atoms with E-state index in [1.807, 2.05) is 11.6 Å². The number of hydrogen-bond donors (Lipinski definition) is 1. The van der Waals surface area contributed by atoms with Gasteiger partial charge in [0.05, 0.1) is 16.4 Å². The average Bonchev–Trinajstić information content (AvgIpc) is 2.87.